The van der Waals surface area contributed by atoms with Crippen molar-refractivity contribution < 1.29 is 18.5 Å². The molecular weight excluding hydrogens is 327 g/mol. The zero-order valence-electron chi connectivity index (χ0n) is 13.2. The van der Waals surface area contributed by atoms with Crippen LogP contribution in [0.3, 0.4) is 0 Å². The van der Waals surface area contributed by atoms with Gasteiger partial charge in [-0.3, -0.25) is 14.9 Å². The number of furan rings is 1. The Bertz CT molecular complexity index is 948. The molecule has 0 aliphatic heterocycles. The summed E-state index contributed by atoms with van der Waals surface area (Å²) in [6.45, 7) is 1.79. The zero-order valence-corrected chi connectivity index (χ0v) is 13.2. The van der Waals surface area contributed by atoms with Crippen LogP contribution in [0.4, 0.5) is 15.8 Å². The Balaban J connectivity index is 1.79. The number of rotatable bonds is 4. The number of carbonyl (C=O) groups excluding carboxylic acids is 1. The van der Waals surface area contributed by atoms with Crippen molar-refractivity contribution in [2.45, 2.75) is 6.92 Å². The molecule has 0 bridgehead atoms. The van der Waals surface area contributed by atoms with Crippen LogP contribution >= 0.6 is 0 Å². The third-order valence-electron chi connectivity index (χ3n) is 3.56. The summed E-state index contributed by atoms with van der Waals surface area (Å²) in [6.07, 6.45) is 0. The van der Waals surface area contributed by atoms with Gasteiger partial charge in [0.05, 0.1) is 10.6 Å². The fourth-order valence-corrected chi connectivity index (χ4v) is 2.28. The van der Waals surface area contributed by atoms with E-state index in [-0.39, 0.29) is 17.1 Å². The summed E-state index contributed by atoms with van der Waals surface area (Å²) < 4.78 is 19.2. The second-order valence-electron chi connectivity index (χ2n) is 5.41. The largest absolute Gasteiger partial charge is 0.451 e. The van der Waals surface area contributed by atoms with Crippen LogP contribution < -0.4 is 5.32 Å². The van der Waals surface area contributed by atoms with Crippen molar-refractivity contribution in [1.82, 2.24) is 0 Å². The van der Waals surface area contributed by atoms with Crippen LogP contribution in [-0.4, -0.2) is 10.8 Å². The molecule has 0 fully saturated rings. The predicted octanol–water partition coefficient (Wildman–Crippen LogP) is 4.55. The van der Waals surface area contributed by atoms with Gasteiger partial charge in [0.15, 0.2) is 5.76 Å². The van der Waals surface area contributed by atoms with Gasteiger partial charge in [0, 0.05) is 17.7 Å². The van der Waals surface area contributed by atoms with Crippen LogP contribution in [-0.2, 0) is 0 Å². The normalized spacial score (nSPS) is 10.5. The van der Waals surface area contributed by atoms with E-state index in [0.717, 1.165) is 5.56 Å². The van der Waals surface area contributed by atoms with Crippen LogP contribution in [0.1, 0.15) is 16.1 Å². The Labute approximate surface area is 142 Å². The standard InChI is InChI=1S/C18H13FN2O4/c1-11-2-7-14(19)15(10-11)20-18(22)17-9-8-16(25-17)12-3-5-13(6-4-12)21(23)24/h2-10H,1H3,(H,20,22). The first kappa shape index (κ1) is 16.4. The molecule has 1 aromatic heterocycles. The van der Waals surface area contributed by atoms with Crippen LogP contribution in [0.5, 0.6) is 0 Å². The number of halogens is 1. The van der Waals surface area contributed by atoms with Crippen molar-refractivity contribution in [3.63, 3.8) is 0 Å². The molecule has 0 unspecified atom stereocenters. The van der Waals surface area contributed by atoms with Crippen LogP contribution in [0.15, 0.2) is 59.0 Å². The lowest BCUT2D eigenvalue weighted by molar-refractivity contribution is -0.384. The maximum Gasteiger partial charge on any atom is 0.291 e. The molecule has 0 spiro atoms. The summed E-state index contributed by atoms with van der Waals surface area (Å²) in [5.74, 6) is -0.738. The highest BCUT2D eigenvalue weighted by Crippen LogP contribution is 2.25. The summed E-state index contributed by atoms with van der Waals surface area (Å²) in [5, 5.41) is 13.1. The van der Waals surface area contributed by atoms with Crippen molar-refractivity contribution in [1.29, 1.82) is 0 Å². The predicted molar refractivity (Wildman–Crippen MR) is 89.9 cm³/mol. The summed E-state index contributed by atoms with van der Waals surface area (Å²) in [7, 11) is 0. The van der Waals surface area contributed by atoms with Gasteiger partial charge in [0.1, 0.15) is 11.6 Å². The van der Waals surface area contributed by atoms with Crippen LogP contribution in [0.25, 0.3) is 11.3 Å². The number of benzene rings is 2. The first-order valence-electron chi connectivity index (χ1n) is 7.36. The number of hydrogen-bond donors (Lipinski definition) is 1. The Hall–Kier alpha value is -3.48. The molecule has 7 heteroatoms. The Morgan fingerprint density at radius 1 is 1.12 bits per heavy atom. The molecular formula is C18H13FN2O4. The molecule has 6 nitrogen and oxygen atoms in total. The van der Waals surface area contributed by atoms with Crippen molar-refractivity contribution in [3.8, 4) is 11.3 Å². The third-order valence-corrected chi connectivity index (χ3v) is 3.56. The smallest absolute Gasteiger partial charge is 0.291 e. The highest BCUT2D eigenvalue weighted by atomic mass is 19.1. The fraction of sp³-hybridized carbons (Fsp3) is 0.0556. The number of nitro groups is 1. The number of carbonyl (C=O) groups is 1. The number of amides is 1. The molecule has 0 aliphatic carbocycles. The lowest BCUT2D eigenvalue weighted by Gasteiger charge is -2.05. The van der Waals surface area contributed by atoms with Gasteiger partial charge in [-0.05, 0) is 48.9 Å². The van der Waals surface area contributed by atoms with Crippen LogP contribution in [0.2, 0.25) is 0 Å². The van der Waals surface area contributed by atoms with Crippen molar-refractivity contribution >= 4 is 17.3 Å². The SMILES string of the molecule is Cc1ccc(F)c(NC(=O)c2ccc(-c3ccc([N+](=O)[O-])cc3)o2)c1. The van der Waals surface area contributed by atoms with Gasteiger partial charge in [-0.25, -0.2) is 4.39 Å². The first-order valence-corrected chi connectivity index (χ1v) is 7.36. The van der Waals surface area contributed by atoms with Gasteiger partial charge < -0.3 is 9.73 Å². The highest BCUT2D eigenvalue weighted by molar-refractivity contribution is 6.02. The number of nitrogens with zero attached hydrogens (tertiary/aromatic N) is 1. The second kappa shape index (κ2) is 6.56. The lowest BCUT2D eigenvalue weighted by Crippen LogP contribution is -2.12. The minimum absolute atomic E-state index is 0.00857. The maximum atomic E-state index is 13.7. The van der Waals surface area contributed by atoms with E-state index in [1.807, 2.05) is 0 Å². The Morgan fingerprint density at radius 3 is 2.52 bits per heavy atom. The average molecular weight is 340 g/mol. The molecule has 1 amide bonds. The second-order valence-corrected chi connectivity index (χ2v) is 5.41. The van der Waals surface area contributed by atoms with E-state index in [1.165, 1.54) is 42.5 Å². The number of anilines is 1. The molecule has 0 aliphatic rings. The molecule has 0 saturated carbocycles. The minimum Gasteiger partial charge on any atom is -0.451 e. The molecule has 1 N–H and O–H groups in total. The van der Waals surface area contributed by atoms with Crippen LogP contribution in [0, 0.1) is 22.9 Å². The van der Waals surface area contributed by atoms with Gasteiger partial charge in [-0.15, -0.1) is 0 Å². The van der Waals surface area contributed by atoms with E-state index in [9.17, 15) is 19.3 Å². The molecule has 0 saturated heterocycles. The first-order chi connectivity index (χ1) is 11.9. The summed E-state index contributed by atoms with van der Waals surface area (Å²) in [4.78, 5) is 22.4. The molecule has 1 heterocycles. The average Bonchev–Trinajstić information content (AvgIpc) is 3.08. The van der Waals surface area contributed by atoms with Crippen molar-refractivity contribution in [2.24, 2.45) is 0 Å². The molecule has 0 atom stereocenters. The van der Waals surface area contributed by atoms with Gasteiger partial charge in [-0.2, -0.15) is 0 Å². The zero-order chi connectivity index (χ0) is 18.0. The van der Waals surface area contributed by atoms with E-state index in [0.29, 0.717) is 11.3 Å². The van der Waals surface area contributed by atoms with Crippen molar-refractivity contribution in [2.75, 3.05) is 5.32 Å². The molecule has 126 valence electrons. The topological polar surface area (TPSA) is 85.4 Å². The third kappa shape index (κ3) is 3.55. The number of hydrogen-bond acceptors (Lipinski definition) is 4. The van der Waals surface area contributed by atoms with E-state index in [4.69, 9.17) is 4.42 Å². The summed E-state index contributed by atoms with van der Waals surface area (Å²) in [5.41, 5.74) is 1.43. The summed E-state index contributed by atoms with van der Waals surface area (Å²) >= 11 is 0. The van der Waals surface area contributed by atoms with E-state index >= 15 is 0 Å². The molecule has 0 radical (unpaired) electrons. The quantitative estimate of drug-likeness (QED) is 0.557. The lowest BCUT2D eigenvalue weighted by atomic mass is 10.1. The number of nitro benzene ring substituents is 1. The van der Waals surface area contributed by atoms with Gasteiger partial charge in [0.2, 0.25) is 0 Å². The highest BCUT2D eigenvalue weighted by Gasteiger charge is 2.15. The van der Waals surface area contributed by atoms with Gasteiger partial charge in [0.25, 0.3) is 11.6 Å². The number of non-ortho nitro benzene ring substituents is 1. The number of aryl methyl sites for hydroxylation is 1. The maximum absolute atomic E-state index is 13.7. The fourth-order valence-electron chi connectivity index (χ4n) is 2.28. The molecule has 25 heavy (non-hydrogen) atoms. The molecule has 3 aromatic rings. The van der Waals surface area contributed by atoms with E-state index < -0.39 is 16.6 Å². The Kier molecular flexibility index (Phi) is 4.30. The number of nitrogens with one attached hydrogen (secondary N) is 1. The molecule has 2 aromatic carbocycles. The summed E-state index contributed by atoms with van der Waals surface area (Å²) in [6, 6.07) is 13.2. The molecule has 3 rings (SSSR count). The Morgan fingerprint density at radius 2 is 1.84 bits per heavy atom. The monoisotopic (exact) mass is 340 g/mol. The van der Waals surface area contributed by atoms with E-state index in [1.54, 1.807) is 19.1 Å². The van der Waals surface area contributed by atoms with Crippen molar-refractivity contribution in [3.05, 3.63) is 81.9 Å². The van der Waals surface area contributed by atoms with Gasteiger partial charge in [-0.1, -0.05) is 6.07 Å². The van der Waals surface area contributed by atoms with E-state index in [2.05, 4.69) is 5.32 Å². The minimum atomic E-state index is -0.585. The van der Waals surface area contributed by atoms with Gasteiger partial charge >= 0.3 is 0 Å².